The summed E-state index contributed by atoms with van der Waals surface area (Å²) in [5.74, 6) is -1.03. The smallest absolute Gasteiger partial charge is 0.328 e. The van der Waals surface area contributed by atoms with Gasteiger partial charge in [0.05, 0.1) is 7.11 Å². The van der Waals surface area contributed by atoms with Crippen LogP contribution in [0.1, 0.15) is 6.42 Å². The highest BCUT2D eigenvalue weighted by molar-refractivity contribution is 5.90. The number of amides is 1. The molecule has 0 aromatic carbocycles. The molecule has 2 N–H and O–H groups in total. The summed E-state index contributed by atoms with van der Waals surface area (Å²) >= 11 is 0. The van der Waals surface area contributed by atoms with Crippen LogP contribution < -0.4 is 5.32 Å². The molecule has 0 saturated carbocycles. The molecule has 62 valence electrons. The number of aliphatic hydroxyl groups is 1. The predicted octanol–water partition coefficient (Wildman–Crippen LogP) is -1.59. The fourth-order valence-electron chi connectivity index (χ4n) is 0.955. The van der Waals surface area contributed by atoms with Gasteiger partial charge < -0.3 is 15.2 Å². The Morgan fingerprint density at radius 1 is 1.82 bits per heavy atom. The molecular formula is C6H9NO4. The third-order valence-electron chi connectivity index (χ3n) is 1.56. The quantitative estimate of drug-likeness (QED) is 0.452. The van der Waals surface area contributed by atoms with Crippen LogP contribution in [0.15, 0.2) is 0 Å². The highest BCUT2D eigenvalue weighted by Crippen LogP contribution is 2.08. The molecule has 0 bridgehead atoms. The first kappa shape index (κ1) is 8.00. The monoisotopic (exact) mass is 159 g/mol. The maximum Gasteiger partial charge on any atom is 0.328 e. The zero-order chi connectivity index (χ0) is 8.43. The lowest BCUT2D eigenvalue weighted by molar-refractivity contribution is -0.143. The molecule has 1 rings (SSSR count). The molecule has 5 heteroatoms. The van der Waals surface area contributed by atoms with Crippen LogP contribution in [0.3, 0.4) is 0 Å². The summed E-state index contributed by atoms with van der Waals surface area (Å²) in [4.78, 5) is 21.4. The summed E-state index contributed by atoms with van der Waals surface area (Å²) in [5.41, 5.74) is 0. The van der Waals surface area contributed by atoms with E-state index in [4.69, 9.17) is 5.11 Å². The summed E-state index contributed by atoms with van der Waals surface area (Å²) in [6.45, 7) is 0. The molecule has 5 nitrogen and oxygen atoms in total. The van der Waals surface area contributed by atoms with E-state index in [0.29, 0.717) is 0 Å². The van der Waals surface area contributed by atoms with E-state index in [-0.39, 0.29) is 6.42 Å². The number of nitrogens with one attached hydrogen (secondary N) is 1. The topological polar surface area (TPSA) is 75.6 Å². The number of rotatable bonds is 1. The standard InChI is InChI=1S/C6H9NO4/c1-11-6(10)3-2-4(8)5(9)7-3/h3-4,8H,2H2,1H3,(H,7,9)/t3-,4-/m1/s1. The molecule has 1 fully saturated rings. The van der Waals surface area contributed by atoms with Crippen molar-refractivity contribution in [2.24, 2.45) is 0 Å². The molecule has 0 aromatic rings. The van der Waals surface area contributed by atoms with Gasteiger partial charge >= 0.3 is 5.97 Å². The predicted molar refractivity (Wildman–Crippen MR) is 34.6 cm³/mol. The van der Waals surface area contributed by atoms with E-state index in [0.717, 1.165) is 0 Å². The molecule has 0 spiro atoms. The van der Waals surface area contributed by atoms with Gasteiger partial charge in [0.25, 0.3) is 0 Å². The number of aliphatic hydroxyl groups excluding tert-OH is 1. The lowest BCUT2D eigenvalue weighted by Crippen LogP contribution is -2.34. The van der Waals surface area contributed by atoms with Crippen LogP contribution >= 0.6 is 0 Å². The summed E-state index contributed by atoms with van der Waals surface area (Å²) in [7, 11) is 1.24. The summed E-state index contributed by atoms with van der Waals surface area (Å²) < 4.78 is 4.37. The Hall–Kier alpha value is -1.10. The number of carbonyl (C=O) groups is 2. The van der Waals surface area contributed by atoms with Crippen molar-refractivity contribution in [2.45, 2.75) is 18.6 Å². The molecule has 2 atom stereocenters. The van der Waals surface area contributed by atoms with Gasteiger partial charge in [-0.1, -0.05) is 0 Å². The Kier molecular flexibility index (Phi) is 2.09. The van der Waals surface area contributed by atoms with E-state index in [1.54, 1.807) is 0 Å². The number of carbonyl (C=O) groups excluding carboxylic acids is 2. The minimum Gasteiger partial charge on any atom is -0.467 e. The van der Waals surface area contributed by atoms with Crippen molar-refractivity contribution >= 4 is 11.9 Å². The Balaban J connectivity index is 2.53. The molecule has 1 amide bonds. The van der Waals surface area contributed by atoms with Gasteiger partial charge in [-0.3, -0.25) is 4.79 Å². The van der Waals surface area contributed by atoms with E-state index in [9.17, 15) is 9.59 Å². The fraction of sp³-hybridized carbons (Fsp3) is 0.667. The second kappa shape index (κ2) is 2.87. The Labute approximate surface area is 63.3 Å². The third kappa shape index (κ3) is 1.48. The molecule has 1 aliphatic rings. The van der Waals surface area contributed by atoms with Crippen LogP contribution in [0.4, 0.5) is 0 Å². The van der Waals surface area contributed by atoms with Gasteiger partial charge in [-0.05, 0) is 0 Å². The van der Waals surface area contributed by atoms with Crippen LogP contribution in [0.2, 0.25) is 0 Å². The number of esters is 1. The normalized spacial score (nSPS) is 29.8. The van der Waals surface area contributed by atoms with Gasteiger partial charge in [0.2, 0.25) is 5.91 Å². The van der Waals surface area contributed by atoms with E-state index in [1.165, 1.54) is 7.11 Å². The molecule has 0 aromatic heterocycles. The Morgan fingerprint density at radius 2 is 2.45 bits per heavy atom. The van der Waals surface area contributed by atoms with Crippen LogP contribution in [0.5, 0.6) is 0 Å². The fourth-order valence-corrected chi connectivity index (χ4v) is 0.955. The van der Waals surface area contributed by atoms with Gasteiger partial charge in [0.1, 0.15) is 12.1 Å². The summed E-state index contributed by atoms with van der Waals surface area (Å²) in [5, 5.41) is 11.2. The second-order valence-corrected chi connectivity index (χ2v) is 2.34. The van der Waals surface area contributed by atoms with Crippen molar-refractivity contribution in [3.8, 4) is 0 Å². The molecule has 1 heterocycles. The molecule has 0 unspecified atom stereocenters. The first-order valence-corrected chi connectivity index (χ1v) is 3.21. The number of hydrogen-bond donors (Lipinski definition) is 2. The average molecular weight is 159 g/mol. The van der Waals surface area contributed by atoms with Crippen molar-refractivity contribution in [2.75, 3.05) is 7.11 Å². The highest BCUT2D eigenvalue weighted by Gasteiger charge is 2.35. The zero-order valence-corrected chi connectivity index (χ0v) is 6.03. The largest absolute Gasteiger partial charge is 0.467 e. The minimum atomic E-state index is -1.07. The summed E-state index contributed by atoms with van der Waals surface area (Å²) in [6, 6.07) is -0.678. The van der Waals surface area contributed by atoms with Gasteiger partial charge in [0.15, 0.2) is 0 Å². The molecular weight excluding hydrogens is 150 g/mol. The lowest BCUT2D eigenvalue weighted by Gasteiger charge is -2.04. The highest BCUT2D eigenvalue weighted by atomic mass is 16.5. The van der Waals surface area contributed by atoms with Crippen LogP contribution in [-0.2, 0) is 14.3 Å². The van der Waals surface area contributed by atoms with E-state index >= 15 is 0 Å². The molecule has 1 saturated heterocycles. The number of hydrogen-bond acceptors (Lipinski definition) is 4. The van der Waals surface area contributed by atoms with Gasteiger partial charge in [-0.2, -0.15) is 0 Å². The first-order chi connectivity index (χ1) is 5.15. The van der Waals surface area contributed by atoms with Crippen molar-refractivity contribution in [1.82, 2.24) is 5.32 Å². The number of methoxy groups -OCH3 is 1. The molecule has 11 heavy (non-hydrogen) atoms. The molecule has 1 aliphatic heterocycles. The van der Waals surface area contributed by atoms with Crippen molar-refractivity contribution in [3.05, 3.63) is 0 Å². The van der Waals surface area contributed by atoms with Crippen molar-refractivity contribution < 1.29 is 19.4 Å². The summed E-state index contributed by atoms with van der Waals surface area (Å²) in [6.07, 6.45) is -0.968. The van der Waals surface area contributed by atoms with E-state index in [1.807, 2.05) is 0 Å². The maximum absolute atomic E-state index is 10.8. The SMILES string of the molecule is COC(=O)[C@H]1C[C@@H](O)C(=O)N1. The van der Waals surface area contributed by atoms with Crippen LogP contribution in [-0.4, -0.2) is 36.2 Å². The minimum absolute atomic E-state index is 0.103. The van der Waals surface area contributed by atoms with Gasteiger partial charge in [0, 0.05) is 6.42 Å². The lowest BCUT2D eigenvalue weighted by atomic mass is 10.2. The Bertz CT molecular complexity index is 191. The maximum atomic E-state index is 10.8. The van der Waals surface area contributed by atoms with E-state index in [2.05, 4.69) is 10.1 Å². The van der Waals surface area contributed by atoms with Crippen LogP contribution in [0, 0.1) is 0 Å². The zero-order valence-electron chi connectivity index (χ0n) is 6.03. The Morgan fingerprint density at radius 3 is 2.82 bits per heavy atom. The third-order valence-corrected chi connectivity index (χ3v) is 1.56. The molecule has 0 radical (unpaired) electrons. The second-order valence-electron chi connectivity index (χ2n) is 2.34. The van der Waals surface area contributed by atoms with Crippen molar-refractivity contribution in [3.63, 3.8) is 0 Å². The number of ether oxygens (including phenoxy) is 1. The molecule has 0 aliphatic carbocycles. The van der Waals surface area contributed by atoms with Gasteiger partial charge in [-0.15, -0.1) is 0 Å². The first-order valence-electron chi connectivity index (χ1n) is 3.21. The van der Waals surface area contributed by atoms with Gasteiger partial charge in [-0.25, -0.2) is 4.79 Å². The van der Waals surface area contributed by atoms with Crippen LogP contribution in [0.25, 0.3) is 0 Å². The average Bonchev–Trinajstić information content (AvgIpc) is 2.31. The van der Waals surface area contributed by atoms with Crippen molar-refractivity contribution in [1.29, 1.82) is 0 Å². The van der Waals surface area contributed by atoms with E-state index < -0.39 is 24.0 Å².